The van der Waals surface area contributed by atoms with Crippen LogP contribution in [0, 0.1) is 0 Å². The van der Waals surface area contributed by atoms with E-state index < -0.39 is 5.78 Å². The first-order chi connectivity index (χ1) is 14.5. The first kappa shape index (κ1) is 22.4. The second-order valence-electron chi connectivity index (χ2n) is 6.08. The molecule has 2 rings (SSSR count). The number of carbonyl (C=O) groups excluding carboxylic acids is 1. The Hall–Kier alpha value is -3.93. The lowest BCUT2D eigenvalue weighted by atomic mass is 10.1. The first-order valence-corrected chi connectivity index (χ1v) is 9.06. The van der Waals surface area contributed by atoms with E-state index in [0.29, 0.717) is 29.4 Å². The maximum absolute atomic E-state index is 12.0. The predicted molar refractivity (Wildman–Crippen MR) is 117 cm³/mol. The largest absolute Gasteiger partial charge is 0.508 e. The van der Waals surface area contributed by atoms with E-state index in [9.17, 15) is 15.0 Å². The van der Waals surface area contributed by atoms with Crippen LogP contribution in [0.3, 0.4) is 0 Å². The van der Waals surface area contributed by atoms with Crippen molar-refractivity contribution in [3.8, 4) is 23.0 Å². The van der Waals surface area contributed by atoms with Gasteiger partial charge in [-0.3, -0.25) is 4.79 Å². The zero-order valence-corrected chi connectivity index (χ0v) is 16.9. The number of allylic oxidation sites excluding steroid dienone is 3. The first-order valence-electron chi connectivity index (χ1n) is 9.06. The number of aliphatic hydroxyl groups excluding tert-OH is 1. The van der Waals surface area contributed by atoms with Crippen molar-refractivity contribution in [2.75, 3.05) is 20.8 Å². The molecule has 2 aromatic rings. The van der Waals surface area contributed by atoms with Gasteiger partial charge in [0.1, 0.15) is 12.4 Å². The third kappa shape index (κ3) is 6.60. The van der Waals surface area contributed by atoms with Crippen molar-refractivity contribution in [1.29, 1.82) is 0 Å². The van der Waals surface area contributed by atoms with Crippen molar-refractivity contribution >= 4 is 17.9 Å². The highest BCUT2D eigenvalue weighted by Crippen LogP contribution is 2.29. The number of aromatic hydroxyl groups is 1. The Morgan fingerprint density at radius 1 is 0.967 bits per heavy atom. The van der Waals surface area contributed by atoms with E-state index in [2.05, 4.69) is 6.58 Å². The van der Waals surface area contributed by atoms with E-state index in [1.807, 2.05) is 0 Å². The minimum atomic E-state index is -0.394. The third-order valence-corrected chi connectivity index (χ3v) is 3.92. The number of phenolic OH excluding ortho intramolecular Hbond substituents is 1. The van der Waals surface area contributed by atoms with E-state index in [0.717, 1.165) is 11.6 Å². The summed E-state index contributed by atoms with van der Waals surface area (Å²) in [6, 6.07) is 10.0. The second kappa shape index (κ2) is 11.2. The molecule has 0 amide bonds. The highest BCUT2D eigenvalue weighted by atomic mass is 16.5. The molecule has 0 saturated carbocycles. The highest BCUT2D eigenvalue weighted by Gasteiger charge is 2.04. The van der Waals surface area contributed by atoms with Gasteiger partial charge in [-0.05, 0) is 47.5 Å². The summed E-state index contributed by atoms with van der Waals surface area (Å²) in [6.45, 7) is 3.97. The summed E-state index contributed by atoms with van der Waals surface area (Å²) >= 11 is 0. The molecule has 0 aliphatic carbocycles. The van der Waals surface area contributed by atoms with E-state index in [1.165, 1.54) is 32.4 Å². The molecule has 0 heterocycles. The van der Waals surface area contributed by atoms with Crippen LogP contribution in [0.15, 0.2) is 73.0 Å². The van der Waals surface area contributed by atoms with Crippen LogP contribution in [0.2, 0.25) is 0 Å². The molecule has 0 aliphatic heterocycles. The number of aliphatic hydroxyl groups is 1. The lowest BCUT2D eigenvalue weighted by molar-refractivity contribution is -0.110. The van der Waals surface area contributed by atoms with Crippen LogP contribution in [0.4, 0.5) is 0 Å². The van der Waals surface area contributed by atoms with Crippen LogP contribution in [0.1, 0.15) is 11.1 Å². The smallest absolute Gasteiger partial charge is 0.182 e. The quantitative estimate of drug-likeness (QED) is 0.256. The van der Waals surface area contributed by atoms with Gasteiger partial charge in [0.15, 0.2) is 28.8 Å². The van der Waals surface area contributed by atoms with Gasteiger partial charge in [0.25, 0.3) is 0 Å². The molecule has 2 aromatic carbocycles. The molecule has 0 aliphatic rings. The second-order valence-corrected chi connectivity index (χ2v) is 6.08. The van der Waals surface area contributed by atoms with Gasteiger partial charge in [-0.1, -0.05) is 36.9 Å². The lowest BCUT2D eigenvalue weighted by Gasteiger charge is -2.09. The summed E-state index contributed by atoms with van der Waals surface area (Å²) in [5.74, 6) is 0.864. The van der Waals surface area contributed by atoms with Crippen molar-refractivity contribution in [2.45, 2.75) is 0 Å². The van der Waals surface area contributed by atoms with Crippen LogP contribution in [0.25, 0.3) is 12.2 Å². The maximum atomic E-state index is 12.0. The number of methoxy groups -OCH3 is 2. The predicted octanol–water partition coefficient (Wildman–Crippen LogP) is 4.71. The van der Waals surface area contributed by atoms with Crippen molar-refractivity contribution in [1.82, 2.24) is 0 Å². The topological polar surface area (TPSA) is 85.2 Å². The monoisotopic (exact) mass is 408 g/mol. The SMILES string of the molecule is C=CCOc1ccc(/C=C/C(O)=C/C(=O)/C=C/c2ccc(O)c(OC)c2)cc1OC. The minimum Gasteiger partial charge on any atom is -0.508 e. The number of phenols is 1. The molecule has 0 bridgehead atoms. The standard InChI is InChI=1S/C24H24O6/c1-4-13-30-22-12-8-18(15-24(22)29-3)6-10-20(26)16-19(25)9-5-17-7-11-21(27)23(14-17)28-2/h4-12,14-16,26-27H,1,13H2,2-3H3/b9-5+,10-6+,20-16-. The van der Waals surface area contributed by atoms with E-state index in [4.69, 9.17) is 14.2 Å². The van der Waals surface area contributed by atoms with Crippen molar-refractivity contribution in [3.05, 3.63) is 84.2 Å². The van der Waals surface area contributed by atoms with E-state index >= 15 is 0 Å². The summed E-state index contributed by atoms with van der Waals surface area (Å²) < 4.78 is 15.8. The van der Waals surface area contributed by atoms with Crippen LogP contribution >= 0.6 is 0 Å². The van der Waals surface area contributed by atoms with E-state index in [1.54, 1.807) is 48.6 Å². The van der Waals surface area contributed by atoms with Crippen molar-refractivity contribution in [3.63, 3.8) is 0 Å². The number of hydrogen-bond acceptors (Lipinski definition) is 6. The zero-order chi connectivity index (χ0) is 21.9. The fourth-order valence-corrected chi connectivity index (χ4v) is 2.46. The van der Waals surface area contributed by atoms with Crippen LogP contribution in [-0.4, -0.2) is 36.8 Å². The van der Waals surface area contributed by atoms with Crippen molar-refractivity contribution < 1.29 is 29.2 Å². The molecule has 6 nitrogen and oxygen atoms in total. The summed E-state index contributed by atoms with van der Waals surface area (Å²) in [4.78, 5) is 12.0. The van der Waals surface area contributed by atoms with Gasteiger partial charge in [-0.15, -0.1) is 0 Å². The molecule has 2 N–H and O–H groups in total. The summed E-state index contributed by atoms with van der Waals surface area (Å²) in [7, 11) is 2.98. The fraction of sp³-hybridized carbons (Fsp3) is 0.125. The van der Waals surface area contributed by atoms with Gasteiger partial charge in [0.2, 0.25) is 0 Å². The molecule has 0 saturated heterocycles. The number of rotatable bonds is 10. The summed E-state index contributed by atoms with van der Waals surface area (Å²) in [5, 5.41) is 19.6. The third-order valence-electron chi connectivity index (χ3n) is 3.92. The van der Waals surface area contributed by atoms with Gasteiger partial charge in [0.05, 0.1) is 14.2 Å². The van der Waals surface area contributed by atoms with Gasteiger partial charge < -0.3 is 24.4 Å². The molecule has 156 valence electrons. The average Bonchev–Trinajstić information content (AvgIpc) is 2.75. The maximum Gasteiger partial charge on any atom is 0.182 e. The zero-order valence-electron chi connectivity index (χ0n) is 16.9. The Kier molecular flexibility index (Phi) is 8.32. The number of carbonyl (C=O) groups is 1. The van der Waals surface area contributed by atoms with Gasteiger partial charge in [-0.25, -0.2) is 0 Å². The Morgan fingerprint density at radius 2 is 1.60 bits per heavy atom. The van der Waals surface area contributed by atoms with Crippen LogP contribution in [-0.2, 0) is 4.79 Å². The molecule has 0 radical (unpaired) electrons. The van der Waals surface area contributed by atoms with Gasteiger partial charge in [-0.2, -0.15) is 0 Å². The van der Waals surface area contributed by atoms with Crippen LogP contribution in [0.5, 0.6) is 23.0 Å². The average molecular weight is 408 g/mol. The fourth-order valence-electron chi connectivity index (χ4n) is 2.46. The normalized spacial score (nSPS) is 11.6. The van der Waals surface area contributed by atoms with Crippen LogP contribution < -0.4 is 14.2 Å². The molecule has 0 unspecified atom stereocenters. The van der Waals surface area contributed by atoms with Gasteiger partial charge >= 0.3 is 0 Å². The summed E-state index contributed by atoms with van der Waals surface area (Å²) in [5.41, 5.74) is 1.43. The number of hydrogen-bond donors (Lipinski definition) is 2. The number of ketones is 1. The molecule has 0 atom stereocenters. The van der Waals surface area contributed by atoms with Crippen molar-refractivity contribution in [2.24, 2.45) is 0 Å². The molecule has 0 fully saturated rings. The molecule has 6 heteroatoms. The Balaban J connectivity index is 2.05. The Labute approximate surface area is 175 Å². The van der Waals surface area contributed by atoms with E-state index in [-0.39, 0.29) is 11.5 Å². The molecule has 0 aromatic heterocycles. The molecular weight excluding hydrogens is 384 g/mol. The minimum absolute atomic E-state index is 0.0144. The number of benzene rings is 2. The number of ether oxygens (including phenoxy) is 3. The molecular formula is C24H24O6. The Morgan fingerprint density at radius 3 is 2.27 bits per heavy atom. The highest BCUT2D eigenvalue weighted by molar-refractivity contribution is 6.02. The summed E-state index contributed by atoms with van der Waals surface area (Å²) in [6.07, 6.45) is 8.67. The lowest BCUT2D eigenvalue weighted by Crippen LogP contribution is -1.96. The molecule has 0 spiro atoms. The van der Waals surface area contributed by atoms with Gasteiger partial charge in [0, 0.05) is 6.08 Å². The molecule has 30 heavy (non-hydrogen) atoms. The Bertz CT molecular complexity index is 985.